The van der Waals surface area contributed by atoms with Crippen LogP contribution in [0.3, 0.4) is 0 Å². The first kappa shape index (κ1) is 13.0. The van der Waals surface area contributed by atoms with Crippen molar-refractivity contribution in [3.05, 3.63) is 66.2 Å². The van der Waals surface area contributed by atoms with E-state index < -0.39 is 0 Å². The van der Waals surface area contributed by atoms with Gasteiger partial charge in [-0.05, 0) is 23.8 Å². The lowest BCUT2D eigenvalue weighted by Crippen LogP contribution is -2.03. The fourth-order valence-corrected chi connectivity index (χ4v) is 1.81. The molecule has 0 radical (unpaired) electrons. The van der Waals surface area contributed by atoms with E-state index in [1.807, 2.05) is 36.4 Å². The Morgan fingerprint density at radius 3 is 2.58 bits per heavy atom. The lowest BCUT2D eigenvalue weighted by atomic mass is 10.1. The molecule has 0 heterocycles. The number of rotatable bonds is 5. The van der Waals surface area contributed by atoms with Crippen molar-refractivity contribution in [1.82, 2.24) is 0 Å². The number of anilines is 2. The Labute approximate surface area is 113 Å². The maximum absolute atomic E-state index is 6.02. The first-order chi connectivity index (χ1) is 9.20. The lowest BCUT2D eigenvalue weighted by molar-refractivity contribution is 0.371. The van der Waals surface area contributed by atoms with E-state index >= 15 is 0 Å². The van der Waals surface area contributed by atoms with Gasteiger partial charge in [-0.1, -0.05) is 36.9 Å². The number of hydrogen-bond donors (Lipinski definition) is 2. The molecular weight excluding hydrogens is 236 g/mol. The van der Waals surface area contributed by atoms with Gasteiger partial charge in [0.05, 0.1) is 18.5 Å². The molecule has 19 heavy (non-hydrogen) atoms. The molecule has 3 N–H and O–H groups in total. The van der Waals surface area contributed by atoms with Crippen LogP contribution in [-0.2, 0) is 11.3 Å². The molecule has 3 nitrogen and oxygen atoms in total. The molecule has 0 atom stereocenters. The lowest BCUT2D eigenvalue weighted by Gasteiger charge is -2.11. The van der Waals surface area contributed by atoms with Crippen LogP contribution in [0.2, 0.25) is 0 Å². The van der Waals surface area contributed by atoms with Crippen LogP contribution in [0, 0.1) is 0 Å². The minimum atomic E-state index is 0.612. The molecule has 0 bridgehead atoms. The summed E-state index contributed by atoms with van der Waals surface area (Å²) in [6, 6.07) is 15.9. The van der Waals surface area contributed by atoms with Gasteiger partial charge in [0.2, 0.25) is 0 Å². The Balaban J connectivity index is 2.07. The summed E-state index contributed by atoms with van der Waals surface area (Å²) < 4.78 is 5.09. The summed E-state index contributed by atoms with van der Waals surface area (Å²) >= 11 is 0. The molecule has 2 rings (SSSR count). The van der Waals surface area contributed by atoms with E-state index in [0.29, 0.717) is 11.4 Å². The number of nitrogens with two attached hydrogens (primary N) is 1. The highest BCUT2D eigenvalue weighted by Crippen LogP contribution is 2.24. The van der Waals surface area contributed by atoms with E-state index in [0.717, 1.165) is 17.8 Å². The predicted molar refractivity (Wildman–Crippen MR) is 80.7 cm³/mol. The van der Waals surface area contributed by atoms with Gasteiger partial charge >= 0.3 is 0 Å². The van der Waals surface area contributed by atoms with Crippen LogP contribution in [0.5, 0.6) is 0 Å². The smallest absolute Gasteiger partial charge is 0.118 e. The molecule has 2 aromatic rings. The van der Waals surface area contributed by atoms with E-state index in [4.69, 9.17) is 10.5 Å². The molecule has 0 saturated heterocycles. The molecule has 0 fully saturated rings. The third-order valence-corrected chi connectivity index (χ3v) is 2.95. The van der Waals surface area contributed by atoms with Crippen LogP contribution in [0.4, 0.5) is 11.4 Å². The quantitative estimate of drug-likeness (QED) is 0.634. The number of methoxy groups -OCH3 is 1. The maximum atomic E-state index is 6.02. The van der Waals surface area contributed by atoms with Crippen LogP contribution >= 0.6 is 0 Å². The summed E-state index contributed by atoms with van der Waals surface area (Å²) in [5.74, 6) is 0.612. The summed E-state index contributed by atoms with van der Waals surface area (Å²) in [5, 5.41) is 3.32. The third kappa shape index (κ3) is 3.28. The second-order valence-electron chi connectivity index (χ2n) is 4.27. The molecule has 0 aliphatic carbocycles. The van der Waals surface area contributed by atoms with Gasteiger partial charge < -0.3 is 15.8 Å². The summed E-state index contributed by atoms with van der Waals surface area (Å²) in [6.45, 7) is 4.56. The van der Waals surface area contributed by atoms with Crippen molar-refractivity contribution in [3.63, 3.8) is 0 Å². The highest BCUT2D eigenvalue weighted by Gasteiger charge is 2.03. The Morgan fingerprint density at radius 2 is 1.95 bits per heavy atom. The number of hydrogen-bond acceptors (Lipinski definition) is 3. The maximum Gasteiger partial charge on any atom is 0.118 e. The number of benzene rings is 2. The number of nitrogen functional groups attached to an aromatic ring is 1. The topological polar surface area (TPSA) is 47.3 Å². The van der Waals surface area contributed by atoms with Gasteiger partial charge in [0, 0.05) is 12.1 Å². The van der Waals surface area contributed by atoms with Crippen LogP contribution in [0.1, 0.15) is 11.1 Å². The second-order valence-corrected chi connectivity index (χ2v) is 4.27. The van der Waals surface area contributed by atoms with E-state index in [2.05, 4.69) is 24.0 Å². The molecule has 0 aromatic heterocycles. The molecule has 0 saturated carbocycles. The first-order valence-electron chi connectivity index (χ1n) is 6.11. The summed E-state index contributed by atoms with van der Waals surface area (Å²) in [5.41, 5.74) is 9.73. The van der Waals surface area contributed by atoms with Gasteiger partial charge in [0.1, 0.15) is 5.76 Å². The summed E-state index contributed by atoms with van der Waals surface area (Å²) in [4.78, 5) is 0. The van der Waals surface area contributed by atoms with Crippen LogP contribution < -0.4 is 11.1 Å². The van der Waals surface area contributed by atoms with Gasteiger partial charge in [0.15, 0.2) is 0 Å². The minimum Gasteiger partial charge on any atom is -0.497 e. The monoisotopic (exact) mass is 254 g/mol. The van der Waals surface area contributed by atoms with Crippen molar-refractivity contribution in [2.24, 2.45) is 0 Å². The standard InChI is InChI=1S/C16H18N2O/c1-12(19-2)14-8-9-16(15(17)10-14)18-11-13-6-4-3-5-7-13/h3-10,18H,1,11,17H2,2H3. The van der Waals surface area contributed by atoms with Gasteiger partial charge in [-0.3, -0.25) is 0 Å². The molecule has 2 aromatic carbocycles. The van der Waals surface area contributed by atoms with Crippen molar-refractivity contribution in [3.8, 4) is 0 Å². The van der Waals surface area contributed by atoms with E-state index in [1.54, 1.807) is 7.11 Å². The second kappa shape index (κ2) is 5.96. The molecule has 3 heteroatoms. The van der Waals surface area contributed by atoms with Crippen LogP contribution in [0.15, 0.2) is 55.1 Å². The normalized spacial score (nSPS) is 9.95. The van der Waals surface area contributed by atoms with Gasteiger partial charge in [0.25, 0.3) is 0 Å². The summed E-state index contributed by atoms with van der Waals surface area (Å²) in [7, 11) is 1.60. The van der Waals surface area contributed by atoms with Crippen molar-refractivity contribution in [1.29, 1.82) is 0 Å². The first-order valence-corrected chi connectivity index (χ1v) is 6.11. The van der Waals surface area contributed by atoms with Gasteiger partial charge in [-0.25, -0.2) is 0 Å². The Bertz CT molecular complexity index is 564. The largest absolute Gasteiger partial charge is 0.497 e. The predicted octanol–water partition coefficient (Wildman–Crippen LogP) is 3.50. The van der Waals surface area contributed by atoms with Crippen LogP contribution in [0.25, 0.3) is 5.76 Å². The molecule has 0 amide bonds. The van der Waals surface area contributed by atoms with Crippen molar-refractivity contribution in [2.45, 2.75) is 6.54 Å². The minimum absolute atomic E-state index is 0.612. The fourth-order valence-electron chi connectivity index (χ4n) is 1.81. The number of ether oxygens (including phenoxy) is 1. The molecule has 0 aliphatic heterocycles. The van der Waals surface area contributed by atoms with Gasteiger partial charge in [-0.2, -0.15) is 0 Å². The zero-order valence-corrected chi connectivity index (χ0v) is 11.0. The SMILES string of the molecule is C=C(OC)c1ccc(NCc2ccccc2)c(N)c1. The zero-order valence-electron chi connectivity index (χ0n) is 11.0. The Kier molecular flexibility index (Phi) is 4.08. The fraction of sp³-hybridized carbons (Fsp3) is 0.125. The molecule has 0 spiro atoms. The third-order valence-electron chi connectivity index (χ3n) is 2.95. The van der Waals surface area contributed by atoms with Gasteiger partial charge in [-0.15, -0.1) is 0 Å². The zero-order chi connectivity index (χ0) is 13.7. The average Bonchev–Trinajstić information content (AvgIpc) is 2.46. The Hall–Kier alpha value is -2.42. The molecule has 98 valence electrons. The van der Waals surface area contributed by atoms with E-state index in [-0.39, 0.29) is 0 Å². The average molecular weight is 254 g/mol. The van der Waals surface area contributed by atoms with Crippen molar-refractivity contribution >= 4 is 17.1 Å². The van der Waals surface area contributed by atoms with Crippen LogP contribution in [-0.4, -0.2) is 7.11 Å². The summed E-state index contributed by atoms with van der Waals surface area (Å²) in [6.07, 6.45) is 0. The molecule has 0 aliphatic rings. The molecule has 0 unspecified atom stereocenters. The van der Waals surface area contributed by atoms with E-state index in [9.17, 15) is 0 Å². The highest BCUT2D eigenvalue weighted by atomic mass is 16.5. The van der Waals surface area contributed by atoms with Crippen molar-refractivity contribution < 1.29 is 4.74 Å². The Morgan fingerprint density at radius 1 is 1.21 bits per heavy atom. The molecular formula is C16H18N2O. The van der Waals surface area contributed by atoms with E-state index in [1.165, 1.54) is 5.56 Å². The highest BCUT2D eigenvalue weighted by molar-refractivity contribution is 5.72. The van der Waals surface area contributed by atoms with Crippen molar-refractivity contribution in [2.75, 3.05) is 18.2 Å². The number of nitrogens with one attached hydrogen (secondary N) is 1.